The highest BCUT2D eigenvalue weighted by molar-refractivity contribution is 5.92. The standard InChI is InChI=1S/C13H17N5O2/c1-8(2)12-16-11(17-20-12)10-4-3-5-18(10)13(19)9-6-14-7-15-9/h6-8,10H,3-5H2,1-2H3,(H,14,15)/t10-/m0/s1. The van der Waals surface area contributed by atoms with Gasteiger partial charge in [0.2, 0.25) is 5.89 Å². The van der Waals surface area contributed by atoms with Gasteiger partial charge in [0.1, 0.15) is 5.69 Å². The van der Waals surface area contributed by atoms with Crippen LogP contribution in [0.25, 0.3) is 0 Å². The molecule has 1 N–H and O–H groups in total. The number of aromatic amines is 1. The van der Waals surface area contributed by atoms with Crippen LogP contribution in [0.1, 0.15) is 60.9 Å². The van der Waals surface area contributed by atoms with E-state index in [4.69, 9.17) is 4.52 Å². The number of carbonyl (C=O) groups excluding carboxylic acids is 1. The fourth-order valence-electron chi connectivity index (χ4n) is 2.42. The molecule has 1 fully saturated rings. The van der Waals surface area contributed by atoms with Crippen molar-refractivity contribution in [2.45, 2.75) is 38.6 Å². The summed E-state index contributed by atoms with van der Waals surface area (Å²) in [4.78, 5) is 25.3. The van der Waals surface area contributed by atoms with Crippen LogP contribution in [0.15, 0.2) is 17.0 Å². The number of nitrogens with one attached hydrogen (secondary N) is 1. The summed E-state index contributed by atoms with van der Waals surface area (Å²) < 4.78 is 5.24. The van der Waals surface area contributed by atoms with Gasteiger partial charge in [-0.15, -0.1) is 0 Å². The van der Waals surface area contributed by atoms with Gasteiger partial charge in [-0.3, -0.25) is 4.79 Å². The van der Waals surface area contributed by atoms with Crippen LogP contribution in [0.2, 0.25) is 0 Å². The molecule has 1 saturated heterocycles. The van der Waals surface area contributed by atoms with Crippen LogP contribution in [0.3, 0.4) is 0 Å². The second kappa shape index (κ2) is 5.07. The fraction of sp³-hybridized carbons (Fsp3) is 0.538. The van der Waals surface area contributed by atoms with Crippen molar-refractivity contribution in [3.8, 4) is 0 Å². The fourth-order valence-corrected chi connectivity index (χ4v) is 2.42. The third kappa shape index (κ3) is 2.19. The summed E-state index contributed by atoms with van der Waals surface area (Å²) in [6.45, 7) is 4.70. The Balaban J connectivity index is 1.83. The quantitative estimate of drug-likeness (QED) is 0.924. The Morgan fingerprint density at radius 1 is 1.55 bits per heavy atom. The molecule has 0 bridgehead atoms. The molecule has 1 atom stereocenters. The van der Waals surface area contributed by atoms with Crippen LogP contribution < -0.4 is 0 Å². The van der Waals surface area contributed by atoms with Crippen LogP contribution in [0.5, 0.6) is 0 Å². The number of amides is 1. The smallest absolute Gasteiger partial charge is 0.272 e. The monoisotopic (exact) mass is 275 g/mol. The van der Waals surface area contributed by atoms with Gasteiger partial charge in [-0.25, -0.2) is 4.98 Å². The van der Waals surface area contributed by atoms with Crippen molar-refractivity contribution in [1.29, 1.82) is 0 Å². The maximum Gasteiger partial charge on any atom is 0.272 e. The summed E-state index contributed by atoms with van der Waals surface area (Å²) in [5, 5.41) is 4.03. The summed E-state index contributed by atoms with van der Waals surface area (Å²) in [6.07, 6.45) is 4.84. The first-order valence-corrected chi connectivity index (χ1v) is 6.79. The molecule has 0 aliphatic carbocycles. The number of hydrogen-bond acceptors (Lipinski definition) is 5. The number of carbonyl (C=O) groups is 1. The Morgan fingerprint density at radius 3 is 3.05 bits per heavy atom. The van der Waals surface area contributed by atoms with Crippen LogP contribution in [0, 0.1) is 0 Å². The van der Waals surface area contributed by atoms with Gasteiger partial charge >= 0.3 is 0 Å². The molecular formula is C13H17N5O2. The molecular weight excluding hydrogens is 258 g/mol. The Bertz CT molecular complexity index is 590. The number of rotatable bonds is 3. The molecule has 1 aliphatic rings. The highest BCUT2D eigenvalue weighted by Gasteiger charge is 2.34. The predicted octanol–water partition coefficient (Wildman–Crippen LogP) is 1.89. The minimum absolute atomic E-state index is 0.0686. The van der Waals surface area contributed by atoms with Crippen molar-refractivity contribution in [1.82, 2.24) is 25.0 Å². The summed E-state index contributed by atoms with van der Waals surface area (Å²) in [6, 6.07) is -0.109. The Morgan fingerprint density at radius 2 is 2.40 bits per heavy atom. The van der Waals surface area contributed by atoms with Crippen LogP contribution in [-0.2, 0) is 0 Å². The van der Waals surface area contributed by atoms with Gasteiger partial charge in [-0.2, -0.15) is 4.98 Å². The lowest BCUT2D eigenvalue weighted by atomic mass is 10.2. The van der Waals surface area contributed by atoms with E-state index in [1.807, 2.05) is 13.8 Å². The van der Waals surface area contributed by atoms with E-state index in [2.05, 4.69) is 20.1 Å². The summed E-state index contributed by atoms with van der Waals surface area (Å²) >= 11 is 0. The number of H-pyrrole nitrogens is 1. The average Bonchev–Trinajstić information content (AvgIpc) is 3.17. The molecule has 3 heterocycles. The third-order valence-electron chi connectivity index (χ3n) is 3.49. The van der Waals surface area contributed by atoms with Crippen LogP contribution in [0.4, 0.5) is 0 Å². The van der Waals surface area contributed by atoms with Gasteiger partial charge in [0, 0.05) is 12.5 Å². The van der Waals surface area contributed by atoms with E-state index in [0.29, 0.717) is 24.0 Å². The zero-order chi connectivity index (χ0) is 14.1. The Kier molecular flexibility index (Phi) is 3.25. The van der Waals surface area contributed by atoms with Gasteiger partial charge in [-0.05, 0) is 12.8 Å². The molecule has 2 aromatic rings. The molecule has 7 heteroatoms. The lowest BCUT2D eigenvalue weighted by Crippen LogP contribution is -2.31. The summed E-state index contributed by atoms with van der Waals surface area (Å²) in [5.74, 6) is 1.33. The van der Waals surface area contributed by atoms with E-state index >= 15 is 0 Å². The number of hydrogen-bond donors (Lipinski definition) is 1. The first-order valence-electron chi connectivity index (χ1n) is 6.79. The van der Waals surface area contributed by atoms with Gasteiger partial charge in [0.15, 0.2) is 5.82 Å². The van der Waals surface area contributed by atoms with E-state index in [1.165, 1.54) is 12.5 Å². The van der Waals surface area contributed by atoms with E-state index in [-0.39, 0.29) is 17.9 Å². The molecule has 0 radical (unpaired) electrons. The normalized spacial score (nSPS) is 18.9. The largest absolute Gasteiger partial charge is 0.341 e. The average molecular weight is 275 g/mol. The molecule has 2 aromatic heterocycles. The second-order valence-corrected chi connectivity index (χ2v) is 5.27. The predicted molar refractivity (Wildman–Crippen MR) is 70.0 cm³/mol. The Labute approximate surface area is 116 Å². The van der Waals surface area contributed by atoms with E-state index in [9.17, 15) is 4.79 Å². The van der Waals surface area contributed by atoms with Gasteiger partial charge in [0.05, 0.1) is 18.6 Å². The zero-order valence-electron chi connectivity index (χ0n) is 11.5. The third-order valence-corrected chi connectivity index (χ3v) is 3.49. The zero-order valence-corrected chi connectivity index (χ0v) is 11.5. The van der Waals surface area contributed by atoms with Crippen molar-refractivity contribution in [2.75, 3.05) is 6.54 Å². The number of aromatic nitrogens is 4. The van der Waals surface area contributed by atoms with E-state index in [1.54, 1.807) is 4.90 Å². The van der Waals surface area contributed by atoms with Crippen molar-refractivity contribution < 1.29 is 9.32 Å². The molecule has 1 amide bonds. The van der Waals surface area contributed by atoms with Gasteiger partial charge in [-0.1, -0.05) is 19.0 Å². The highest BCUT2D eigenvalue weighted by atomic mass is 16.5. The molecule has 1 aliphatic heterocycles. The number of likely N-dealkylation sites (tertiary alicyclic amines) is 1. The van der Waals surface area contributed by atoms with Crippen molar-refractivity contribution in [3.63, 3.8) is 0 Å². The van der Waals surface area contributed by atoms with Crippen molar-refractivity contribution in [2.24, 2.45) is 0 Å². The maximum atomic E-state index is 12.4. The van der Waals surface area contributed by atoms with Crippen LogP contribution in [-0.4, -0.2) is 37.5 Å². The molecule has 106 valence electrons. The molecule has 3 rings (SSSR count). The number of imidazole rings is 1. The Hall–Kier alpha value is -2.18. The van der Waals surface area contributed by atoms with E-state index < -0.39 is 0 Å². The molecule has 0 unspecified atom stereocenters. The minimum atomic E-state index is -0.109. The molecule has 0 saturated carbocycles. The minimum Gasteiger partial charge on any atom is -0.341 e. The first kappa shape index (κ1) is 12.8. The second-order valence-electron chi connectivity index (χ2n) is 5.27. The summed E-state index contributed by atoms with van der Waals surface area (Å²) in [5.41, 5.74) is 0.490. The summed E-state index contributed by atoms with van der Waals surface area (Å²) in [7, 11) is 0. The lowest BCUT2D eigenvalue weighted by molar-refractivity contribution is 0.0723. The van der Waals surface area contributed by atoms with Crippen molar-refractivity contribution >= 4 is 5.91 Å². The molecule has 0 aromatic carbocycles. The highest BCUT2D eigenvalue weighted by Crippen LogP contribution is 2.31. The van der Waals surface area contributed by atoms with Gasteiger partial charge < -0.3 is 14.4 Å². The van der Waals surface area contributed by atoms with Crippen molar-refractivity contribution in [3.05, 3.63) is 29.9 Å². The SMILES string of the molecule is CC(C)c1nc([C@@H]2CCCN2C(=O)c2cnc[nH]2)no1. The molecule has 7 nitrogen and oxygen atoms in total. The molecule has 20 heavy (non-hydrogen) atoms. The number of nitrogens with zero attached hydrogens (tertiary/aromatic N) is 4. The topological polar surface area (TPSA) is 87.9 Å². The van der Waals surface area contributed by atoms with E-state index in [0.717, 1.165) is 12.8 Å². The lowest BCUT2D eigenvalue weighted by Gasteiger charge is -2.21. The first-order chi connectivity index (χ1) is 9.66. The maximum absolute atomic E-state index is 12.4. The molecule has 0 spiro atoms. The van der Waals surface area contributed by atoms with Gasteiger partial charge in [0.25, 0.3) is 5.91 Å². The van der Waals surface area contributed by atoms with Crippen LogP contribution >= 0.6 is 0 Å².